The van der Waals surface area contributed by atoms with E-state index in [9.17, 15) is 17.6 Å². The number of benzene rings is 3. The molecule has 1 amide bonds. The lowest BCUT2D eigenvalue weighted by atomic mass is 10.2. The van der Waals surface area contributed by atoms with Gasteiger partial charge < -0.3 is 5.32 Å². The summed E-state index contributed by atoms with van der Waals surface area (Å²) < 4.78 is 42.4. The maximum atomic E-state index is 14.1. The van der Waals surface area contributed by atoms with Crippen molar-refractivity contribution in [2.75, 3.05) is 5.32 Å². The van der Waals surface area contributed by atoms with Crippen LogP contribution in [-0.4, -0.2) is 23.3 Å². The molecule has 0 aliphatic carbocycles. The predicted molar refractivity (Wildman–Crippen MR) is 124 cm³/mol. The first-order valence-corrected chi connectivity index (χ1v) is 12.2. The average Bonchev–Trinajstić information content (AvgIpc) is 3.13. The molecule has 0 saturated carbocycles. The number of imidazole rings is 1. The second-order valence-electron chi connectivity index (χ2n) is 6.86. The van der Waals surface area contributed by atoms with Gasteiger partial charge in [0, 0.05) is 12.7 Å². The Morgan fingerprint density at radius 2 is 1.84 bits per heavy atom. The minimum Gasteiger partial charge on any atom is -0.325 e. The molecule has 0 saturated heterocycles. The minimum absolute atomic E-state index is 0.0625. The topological polar surface area (TPSA) is 81.1 Å². The minimum atomic E-state index is -4.09. The standard InChI is InChI=1S/C22H17ClFN3O3S2/c1-14(28)25-19-11-10-16(12-17(19)23)32(29,30)27-21-9-5-4-8-20(21)26-22(27)31-13-15-6-2-3-7-18(15)24/h2-12H,13H2,1H3,(H,25,28). The van der Waals surface area contributed by atoms with E-state index in [1.54, 1.807) is 42.5 Å². The molecule has 0 atom stereocenters. The highest BCUT2D eigenvalue weighted by Gasteiger charge is 2.25. The summed E-state index contributed by atoms with van der Waals surface area (Å²) >= 11 is 7.33. The first kappa shape index (κ1) is 22.3. The van der Waals surface area contributed by atoms with Crippen LogP contribution in [0.3, 0.4) is 0 Å². The van der Waals surface area contributed by atoms with Crippen LogP contribution in [-0.2, 0) is 20.6 Å². The van der Waals surface area contributed by atoms with Crippen molar-refractivity contribution in [2.45, 2.75) is 22.7 Å². The van der Waals surface area contributed by atoms with Crippen molar-refractivity contribution in [3.05, 3.63) is 83.1 Å². The van der Waals surface area contributed by atoms with Gasteiger partial charge >= 0.3 is 0 Å². The van der Waals surface area contributed by atoms with Crippen LogP contribution < -0.4 is 5.32 Å². The molecule has 1 N–H and O–H groups in total. The molecule has 6 nitrogen and oxygen atoms in total. The summed E-state index contributed by atoms with van der Waals surface area (Å²) in [6.07, 6.45) is 0. The van der Waals surface area contributed by atoms with Gasteiger partial charge in [0.1, 0.15) is 5.82 Å². The van der Waals surface area contributed by atoms with Crippen LogP contribution in [0.25, 0.3) is 11.0 Å². The van der Waals surface area contributed by atoms with Crippen LogP contribution in [0.4, 0.5) is 10.1 Å². The van der Waals surface area contributed by atoms with Crippen molar-refractivity contribution in [2.24, 2.45) is 0 Å². The Bertz CT molecular complexity index is 1440. The van der Waals surface area contributed by atoms with Crippen LogP contribution in [0.15, 0.2) is 76.8 Å². The van der Waals surface area contributed by atoms with Gasteiger partial charge in [0.05, 0.1) is 26.6 Å². The number of amides is 1. The Balaban J connectivity index is 1.78. The maximum absolute atomic E-state index is 14.1. The van der Waals surface area contributed by atoms with Gasteiger partial charge in [0.15, 0.2) is 5.16 Å². The zero-order valence-corrected chi connectivity index (χ0v) is 19.1. The van der Waals surface area contributed by atoms with Crippen LogP contribution in [0.1, 0.15) is 12.5 Å². The van der Waals surface area contributed by atoms with E-state index >= 15 is 0 Å². The molecule has 1 aromatic heterocycles. The Hall–Kier alpha value is -2.88. The van der Waals surface area contributed by atoms with Gasteiger partial charge in [0.2, 0.25) is 5.91 Å². The second-order valence-corrected chi connectivity index (χ2v) is 9.99. The van der Waals surface area contributed by atoms with Gasteiger partial charge in [-0.3, -0.25) is 4.79 Å². The van der Waals surface area contributed by atoms with Crippen molar-refractivity contribution >= 4 is 56.0 Å². The number of thioether (sulfide) groups is 1. The number of carbonyl (C=O) groups excluding carboxylic acids is 1. The Morgan fingerprint density at radius 3 is 2.56 bits per heavy atom. The number of anilines is 1. The SMILES string of the molecule is CC(=O)Nc1ccc(S(=O)(=O)n2c(SCc3ccccc3F)nc3ccccc32)cc1Cl. The quantitative estimate of drug-likeness (QED) is 0.371. The van der Waals surface area contributed by atoms with Gasteiger partial charge in [-0.1, -0.05) is 53.7 Å². The molecular formula is C22H17ClFN3O3S2. The molecule has 1 heterocycles. The molecular weight excluding hydrogens is 473 g/mol. The highest BCUT2D eigenvalue weighted by Crippen LogP contribution is 2.33. The van der Waals surface area contributed by atoms with Crippen molar-refractivity contribution in [3.63, 3.8) is 0 Å². The number of carbonyl (C=O) groups is 1. The molecule has 4 rings (SSSR count). The highest BCUT2D eigenvalue weighted by atomic mass is 35.5. The third-order valence-corrected chi connectivity index (χ3v) is 7.71. The van der Waals surface area contributed by atoms with E-state index in [1.807, 2.05) is 0 Å². The summed E-state index contributed by atoms with van der Waals surface area (Å²) in [6, 6.07) is 17.2. The molecule has 0 unspecified atom stereocenters. The number of aromatic nitrogens is 2. The van der Waals surface area contributed by atoms with Gasteiger partial charge in [-0.25, -0.2) is 21.8 Å². The first-order valence-electron chi connectivity index (χ1n) is 9.44. The molecule has 0 bridgehead atoms. The molecule has 4 aromatic rings. The number of nitrogens with one attached hydrogen (secondary N) is 1. The van der Waals surface area contributed by atoms with Crippen LogP contribution >= 0.6 is 23.4 Å². The smallest absolute Gasteiger partial charge is 0.270 e. The summed E-state index contributed by atoms with van der Waals surface area (Å²) in [7, 11) is -4.09. The largest absolute Gasteiger partial charge is 0.325 e. The normalized spacial score (nSPS) is 11.6. The van der Waals surface area contributed by atoms with E-state index in [4.69, 9.17) is 11.6 Å². The van der Waals surface area contributed by atoms with E-state index in [2.05, 4.69) is 10.3 Å². The Morgan fingerprint density at radius 1 is 1.12 bits per heavy atom. The zero-order valence-electron chi connectivity index (χ0n) is 16.7. The molecule has 0 aliphatic heterocycles. The molecule has 3 aromatic carbocycles. The fraction of sp³-hybridized carbons (Fsp3) is 0.0909. The molecule has 0 aliphatic rings. The number of rotatable bonds is 6. The maximum Gasteiger partial charge on any atom is 0.270 e. The van der Waals surface area contributed by atoms with E-state index in [0.29, 0.717) is 22.3 Å². The number of hydrogen-bond donors (Lipinski definition) is 1. The number of halogens is 2. The summed E-state index contributed by atoms with van der Waals surface area (Å²) in [6.45, 7) is 1.33. The number of nitrogens with zero attached hydrogens (tertiary/aromatic N) is 2. The third kappa shape index (κ3) is 4.36. The first-order chi connectivity index (χ1) is 15.3. The highest BCUT2D eigenvalue weighted by molar-refractivity contribution is 7.99. The van der Waals surface area contributed by atoms with Crippen molar-refractivity contribution in [1.82, 2.24) is 8.96 Å². The van der Waals surface area contributed by atoms with Gasteiger partial charge in [-0.2, -0.15) is 0 Å². The molecule has 0 radical (unpaired) electrons. The summed E-state index contributed by atoms with van der Waals surface area (Å²) in [4.78, 5) is 15.7. The molecule has 10 heteroatoms. The van der Waals surface area contributed by atoms with Crippen molar-refractivity contribution in [1.29, 1.82) is 0 Å². The lowest BCUT2D eigenvalue weighted by Crippen LogP contribution is -2.15. The van der Waals surface area contributed by atoms with Crippen LogP contribution in [0.2, 0.25) is 5.02 Å². The van der Waals surface area contributed by atoms with E-state index in [0.717, 1.165) is 15.7 Å². The summed E-state index contributed by atoms with van der Waals surface area (Å²) in [5, 5.41) is 2.84. The average molecular weight is 490 g/mol. The van der Waals surface area contributed by atoms with E-state index in [1.165, 1.54) is 31.2 Å². The zero-order chi connectivity index (χ0) is 22.9. The molecule has 164 valence electrons. The van der Waals surface area contributed by atoms with E-state index < -0.39 is 10.0 Å². The number of fused-ring (bicyclic) bond motifs is 1. The summed E-state index contributed by atoms with van der Waals surface area (Å²) in [5.74, 6) is -0.492. The monoisotopic (exact) mass is 489 g/mol. The van der Waals surface area contributed by atoms with Gasteiger partial charge in [-0.15, -0.1) is 0 Å². The van der Waals surface area contributed by atoms with Crippen LogP contribution in [0, 0.1) is 5.82 Å². The molecule has 32 heavy (non-hydrogen) atoms. The number of hydrogen-bond acceptors (Lipinski definition) is 5. The summed E-state index contributed by atoms with van der Waals surface area (Å²) in [5.41, 5.74) is 1.64. The Labute approximate surface area is 193 Å². The predicted octanol–water partition coefficient (Wildman–Crippen LogP) is 5.32. The molecule has 0 spiro atoms. The molecule has 0 fully saturated rings. The number of para-hydroxylation sites is 2. The van der Waals surface area contributed by atoms with Gasteiger partial charge in [0.25, 0.3) is 10.0 Å². The lowest BCUT2D eigenvalue weighted by Gasteiger charge is -2.12. The van der Waals surface area contributed by atoms with Gasteiger partial charge in [-0.05, 0) is 42.0 Å². The second kappa shape index (κ2) is 8.93. The van der Waals surface area contributed by atoms with Crippen LogP contribution in [0.5, 0.6) is 0 Å². The van der Waals surface area contributed by atoms with Crippen molar-refractivity contribution in [3.8, 4) is 0 Å². The lowest BCUT2D eigenvalue weighted by molar-refractivity contribution is -0.114. The third-order valence-electron chi connectivity index (χ3n) is 4.59. The fourth-order valence-corrected chi connectivity index (χ4v) is 6.14. The van der Waals surface area contributed by atoms with E-state index in [-0.39, 0.29) is 32.6 Å². The van der Waals surface area contributed by atoms with Crippen molar-refractivity contribution < 1.29 is 17.6 Å². The Kier molecular flexibility index (Phi) is 6.23. The fourth-order valence-electron chi connectivity index (χ4n) is 3.12.